The number of halogens is 3. The molecular weight excluding hydrogens is 533 g/mol. The van der Waals surface area contributed by atoms with Gasteiger partial charge in [-0.25, -0.2) is 0 Å². The van der Waals surface area contributed by atoms with Gasteiger partial charge in [-0.15, -0.1) is 0 Å². The van der Waals surface area contributed by atoms with Crippen LogP contribution in [0.4, 0.5) is 0 Å². The number of alkyl halides is 1. The Balaban J connectivity index is 2.26. The Hall–Kier alpha value is -0.210. The van der Waals surface area contributed by atoms with Crippen molar-refractivity contribution in [2.45, 2.75) is 37.7 Å². The lowest BCUT2D eigenvalue weighted by atomic mass is 10.0. The molecule has 23 heavy (non-hydrogen) atoms. The average Bonchev–Trinajstić information content (AvgIpc) is 2.57. The largest absolute Gasteiger partial charge is 0.184 e. The number of hydrogen-bond donors (Lipinski definition) is 0. The van der Waals surface area contributed by atoms with Crippen molar-refractivity contribution in [3.05, 3.63) is 66.8 Å². The zero-order chi connectivity index (χ0) is 16.9. The van der Waals surface area contributed by atoms with E-state index in [1.54, 1.807) is 0 Å². The molecule has 5 heteroatoms. The summed E-state index contributed by atoms with van der Waals surface area (Å²) in [5.74, 6) is 0. The first-order valence-electron chi connectivity index (χ1n) is 7.61. The van der Waals surface area contributed by atoms with E-state index in [0.717, 1.165) is 12.0 Å². The van der Waals surface area contributed by atoms with Crippen molar-refractivity contribution in [1.29, 1.82) is 0 Å². The molecule has 0 aromatic heterocycles. The number of rotatable bonds is 6. The Morgan fingerprint density at radius 1 is 0.957 bits per heavy atom. The van der Waals surface area contributed by atoms with Gasteiger partial charge in [0.15, 0.2) is 5.00 Å². The molecule has 0 amide bonds. The summed E-state index contributed by atoms with van der Waals surface area (Å²) >= 11 is 11.3. The minimum Gasteiger partial charge on any atom is -0.184 e. The van der Waals surface area contributed by atoms with Gasteiger partial charge in [0.2, 0.25) is 0 Å². The monoisotopic (exact) mass is 552 g/mol. The maximum Gasteiger partial charge on any atom is 0.179 e. The Morgan fingerprint density at radius 2 is 1.48 bits per heavy atom. The van der Waals surface area contributed by atoms with Gasteiger partial charge in [0.25, 0.3) is 0 Å². The van der Waals surface area contributed by atoms with Crippen LogP contribution in [-0.2, 0) is 5.00 Å². The molecule has 0 bridgehead atoms. The smallest absolute Gasteiger partial charge is 0.179 e. The lowest BCUT2D eigenvalue weighted by molar-refractivity contribution is 0.533. The fraction of sp³-hybridized carbons (Fsp3) is 0.333. The second-order valence-electron chi connectivity index (χ2n) is 5.31. The molecule has 0 aliphatic rings. The molecule has 0 heterocycles. The fourth-order valence-corrected chi connectivity index (χ4v) is 3.16. The number of nitrogens with zero attached hydrogens (tertiary/aromatic N) is 2. The van der Waals surface area contributed by atoms with Crippen molar-refractivity contribution in [3.63, 3.8) is 0 Å². The molecule has 0 saturated heterocycles. The van der Waals surface area contributed by atoms with E-state index < -0.39 is 5.00 Å². The van der Waals surface area contributed by atoms with E-state index in [0.29, 0.717) is 6.42 Å². The molecule has 2 aromatic rings. The summed E-state index contributed by atoms with van der Waals surface area (Å²) in [6, 6.07) is 16.6. The van der Waals surface area contributed by atoms with E-state index >= 15 is 0 Å². The highest BCUT2D eigenvalue weighted by Gasteiger charge is 2.27. The van der Waals surface area contributed by atoms with Crippen LogP contribution in [0.15, 0.2) is 58.8 Å². The van der Waals surface area contributed by atoms with Crippen molar-refractivity contribution in [3.8, 4) is 0 Å². The molecule has 0 aliphatic heterocycles. The van der Waals surface area contributed by atoms with Gasteiger partial charge >= 0.3 is 0 Å². The molecule has 122 valence electrons. The van der Waals surface area contributed by atoms with Crippen LogP contribution in [0.1, 0.15) is 43.9 Å². The topological polar surface area (TPSA) is 24.7 Å². The number of benzene rings is 2. The molecular formula is C18H19ClI2N2. The molecule has 0 aliphatic carbocycles. The van der Waals surface area contributed by atoms with Crippen LogP contribution in [0.2, 0.25) is 0 Å². The second-order valence-corrected chi connectivity index (χ2v) is 8.43. The van der Waals surface area contributed by atoms with E-state index in [2.05, 4.69) is 98.7 Å². The molecule has 0 fully saturated rings. The van der Waals surface area contributed by atoms with Gasteiger partial charge < -0.3 is 0 Å². The molecule has 0 saturated carbocycles. The van der Waals surface area contributed by atoms with Gasteiger partial charge in [-0.3, -0.25) is 0 Å². The van der Waals surface area contributed by atoms with Crippen molar-refractivity contribution < 1.29 is 0 Å². The summed E-state index contributed by atoms with van der Waals surface area (Å²) in [4.78, 5) is -0.791. The van der Waals surface area contributed by atoms with Gasteiger partial charge in [-0.2, -0.15) is 10.2 Å². The first kappa shape index (κ1) is 19.1. The maximum atomic E-state index is 6.75. The van der Waals surface area contributed by atoms with Crippen molar-refractivity contribution >= 4 is 56.8 Å². The highest BCUT2D eigenvalue weighted by Crippen LogP contribution is 2.36. The van der Waals surface area contributed by atoms with Crippen LogP contribution in [0.5, 0.6) is 0 Å². The minimum absolute atomic E-state index is 0.0422. The van der Waals surface area contributed by atoms with Crippen molar-refractivity contribution in [1.82, 2.24) is 0 Å². The van der Waals surface area contributed by atoms with Crippen molar-refractivity contribution in [2.24, 2.45) is 10.2 Å². The normalized spacial score (nSPS) is 15.5. The lowest BCUT2D eigenvalue weighted by Crippen LogP contribution is -2.14. The molecule has 2 atom stereocenters. The molecule has 0 N–H and O–H groups in total. The van der Waals surface area contributed by atoms with Crippen LogP contribution in [0.25, 0.3) is 0 Å². The molecule has 0 spiro atoms. The minimum atomic E-state index is -0.791. The summed E-state index contributed by atoms with van der Waals surface area (Å²) < 4.78 is 2.40. The van der Waals surface area contributed by atoms with Crippen LogP contribution in [-0.4, -0.2) is 0 Å². The Labute approximate surface area is 170 Å². The van der Waals surface area contributed by atoms with E-state index in [4.69, 9.17) is 11.6 Å². The van der Waals surface area contributed by atoms with Crippen LogP contribution in [0, 0.1) is 7.14 Å². The molecule has 2 rings (SSSR count). The summed E-state index contributed by atoms with van der Waals surface area (Å²) in [6.07, 6.45) is 1.59. The van der Waals surface area contributed by atoms with E-state index in [9.17, 15) is 0 Å². The zero-order valence-electron chi connectivity index (χ0n) is 13.1. The molecule has 0 radical (unpaired) electrons. The SMILES string of the molecule is CCC(N=NC(Cl)(CC)c1ccc(I)cc1)c1ccc(I)cc1. The van der Waals surface area contributed by atoms with Gasteiger partial charge in [0.05, 0.1) is 6.04 Å². The number of azo groups is 1. The highest BCUT2D eigenvalue weighted by atomic mass is 127. The Bertz CT molecular complexity index is 656. The van der Waals surface area contributed by atoms with E-state index in [1.165, 1.54) is 12.7 Å². The zero-order valence-corrected chi connectivity index (χ0v) is 18.2. The van der Waals surface area contributed by atoms with E-state index in [1.807, 2.05) is 19.1 Å². The molecule has 2 unspecified atom stereocenters. The Kier molecular flexibility index (Phi) is 7.28. The summed E-state index contributed by atoms with van der Waals surface area (Å²) in [7, 11) is 0. The van der Waals surface area contributed by atoms with Crippen LogP contribution >= 0.6 is 56.8 Å². The van der Waals surface area contributed by atoms with Gasteiger partial charge in [0, 0.05) is 7.14 Å². The summed E-state index contributed by atoms with van der Waals surface area (Å²) in [6.45, 7) is 4.16. The predicted octanol–water partition coefficient (Wildman–Crippen LogP) is 7.30. The molecule has 2 nitrogen and oxygen atoms in total. The third-order valence-corrected chi connectivity index (χ3v) is 5.75. The second kappa shape index (κ2) is 8.76. The summed E-state index contributed by atoms with van der Waals surface area (Å²) in [5.41, 5.74) is 2.16. The predicted molar refractivity (Wildman–Crippen MR) is 114 cm³/mol. The van der Waals surface area contributed by atoms with Gasteiger partial charge in [0.1, 0.15) is 0 Å². The maximum absolute atomic E-state index is 6.75. The third kappa shape index (κ3) is 5.13. The first-order valence-corrected chi connectivity index (χ1v) is 10.1. The lowest BCUT2D eigenvalue weighted by Gasteiger charge is -2.21. The van der Waals surface area contributed by atoms with E-state index in [-0.39, 0.29) is 6.04 Å². The van der Waals surface area contributed by atoms with Crippen LogP contribution < -0.4 is 0 Å². The van der Waals surface area contributed by atoms with Crippen LogP contribution in [0.3, 0.4) is 0 Å². The average molecular weight is 553 g/mol. The highest BCUT2D eigenvalue weighted by molar-refractivity contribution is 14.1. The van der Waals surface area contributed by atoms with Gasteiger partial charge in [-0.1, -0.05) is 49.7 Å². The standard InChI is InChI=1S/C18H19ClI2N2/c1-3-17(13-5-9-15(20)10-6-13)22-23-18(19,4-2)14-7-11-16(21)12-8-14/h5-12,17H,3-4H2,1-2H3. The fourth-order valence-electron chi connectivity index (χ4n) is 2.27. The molecule has 2 aromatic carbocycles. The quantitative estimate of drug-likeness (QED) is 0.156. The first-order chi connectivity index (χ1) is 11.0. The summed E-state index contributed by atoms with van der Waals surface area (Å²) in [5, 5.41) is 9.10. The van der Waals surface area contributed by atoms with Gasteiger partial charge in [-0.05, 0) is 93.4 Å². The Morgan fingerprint density at radius 3 is 1.96 bits per heavy atom. The third-order valence-electron chi connectivity index (χ3n) is 3.75. The van der Waals surface area contributed by atoms with Crippen molar-refractivity contribution in [2.75, 3.05) is 0 Å². The number of hydrogen-bond acceptors (Lipinski definition) is 2.